The Morgan fingerprint density at radius 1 is 1.43 bits per heavy atom. The number of amides is 1. The molecule has 8 heteroatoms. The summed E-state index contributed by atoms with van der Waals surface area (Å²) in [6, 6.07) is 9.29. The van der Waals surface area contributed by atoms with Gasteiger partial charge in [0.2, 0.25) is 0 Å². The number of amidine groups is 1. The highest BCUT2D eigenvalue weighted by molar-refractivity contribution is 6.02. The van der Waals surface area contributed by atoms with Gasteiger partial charge in [0.15, 0.2) is 0 Å². The Hall–Kier alpha value is -3.31. The summed E-state index contributed by atoms with van der Waals surface area (Å²) in [4.78, 5) is 23.0. The maximum absolute atomic E-state index is 14.6. The van der Waals surface area contributed by atoms with Crippen LogP contribution in [0.25, 0.3) is 0 Å². The summed E-state index contributed by atoms with van der Waals surface area (Å²) >= 11 is 0. The molecule has 0 spiro atoms. The van der Waals surface area contributed by atoms with Crippen LogP contribution in [0, 0.1) is 17.1 Å². The number of aromatic nitrogens is 1. The number of carbonyl (C=O) groups is 1. The summed E-state index contributed by atoms with van der Waals surface area (Å²) in [6.07, 6.45) is 1.32. The van der Waals surface area contributed by atoms with Crippen LogP contribution in [0.1, 0.15) is 35.5 Å². The van der Waals surface area contributed by atoms with Crippen molar-refractivity contribution in [3.8, 4) is 6.07 Å². The number of carbonyl (C=O) groups excluding carboxylic acids is 1. The smallest absolute Gasteiger partial charge is 0.274 e. The third kappa shape index (κ3) is 4.00. The van der Waals surface area contributed by atoms with Crippen LogP contribution in [-0.4, -0.2) is 41.3 Å². The van der Waals surface area contributed by atoms with Crippen LogP contribution in [0.4, 0.5) is 10.1 Å². The molecule has 0 radical (unpaired) electrons. The van der Waals surface area contributed by atoms with E-state index in [0.717, 1.165) is 6.54 Å². The second-order valence-electron chi connectivity index (χ2n) is 6.87. The van der Waals surface area contributed by atoms with Gasteiger partial charge in [-0.1, -0.05) is 6.92 Å². The summed E-state index contributed by atoms with van der Waals surface area (Å²) in [5.74, 6) is -0.410. The molecule has 1 amide bonds. The van der Waals surface area contributed by atoms with Gasteiger partial charge < -0.3 is 11.1 Å². The van der Waals surface area contributed by atoms with Crippen molar-refractivity contribution in [3.05, 3.63) is 59.2 Å². The summed E-state index contributed by atoms with van der Waals surface area (Å²) < 4.78 is 14.6. The number of aliphatic imine (C=N–C) groups is 1. The molecule has 2 heterocycles. The lowest BCUT2D eigenvalue weighted by Crippen LogP contribution is -2.48. The Kier molecular flexibility index (Phi) is 5.38. The van der Waals surface area contributed by atoms with E-state index in [-0.39, 0.29) is 5.69 Å². The van der Waals surface area contributed by atoms with Crippen LogP contribution in [0.2, 0.25) is 0 Å². The maximum atomic E-state index is 14.6. The van der Waals surface area contributed by atoms with Crippen molar-refractivity contribution in [1.82, 2.24) is 9.88 Å². The summed E-state index contributed by atoms with van der Waals surface area (Å²) in [5.41, 5.74) is 6.43. The molecule has 0 saturated heterocycles. The number of nitriles is 1. The SMILES string of the molecule is CCN1CC(N)=NC(C)(c2cc(NC(=O)c3ccc(C#N)cn3)ccc2F)C1. The minimum atomic E-state index is -0.851. The molecule has 2 aromatic rings. The van der Waals surface area contributed by atoms with Gasteiger partial charge >= 0.3 is 0 Å². The fourth-order valence-corrected chi connectivity index (χ4v) is 3.28. The molecule has 0 bridgehead atoms. The van der Waals surface area contributed by atoms with Gasteiger partial charge in [-0.05, 0) is 43.8 Å². The van der Waals surface area contributed by atoms with Gasteiger partial charge in [-0.15, -0.1) is 0 Å². The molecule has 1 aliphatic heterocycles. The highest BCUT2D eigenvalue weighted by atomic mass is 19.1. The van der Waals surface area contributed by atoms with E-state index in [1.165, 1.54) is 30.5 Å². The quantitative estimate of drug-likeness (QED) is 0.846. The van der Waals surface area contributed by atoms with Gasteiger partial charge in [0.1, 0.15) is 29.0 Å². The second kappa shape index (κ2) is 7.74. The first-order valence-corrected chi connectivity index (χ1v) is 8.88. The van der Waals surface area contributed by atoms with Crippen LogP contribution in [-0.2, 0) is 5.54 Å². The fraction of sp³-hybridized carbons (Fsp3) is 0.300. The number of likely N-dealkylation sites (N-methyl/N-ethyl adjacent to an activating group) is 1. The van der Waals surface area contributed by atoms with Gasteiger partial charge in [-0.2, -0.15) is 5.26 Å². The van der Waals surface area contributed by atoms with Crippen molar-refractivity contribution in [2.24, 2.45) is 10.7 Å². The number of nitrogens with one attached hydrogen (secondary N) is 1. The first-order chi connectivity index (χ1) is 13.3. The van der Waals surface area contributed by atoms with Crippen LogP contribution < -0.4 is 11.1 Å². The van der Waals surface area contributed by atoms with E-state index >= 15 is 0 Å². The lowest BCUT2D eigenvalue weighted by Gasteiger charge is -2.37. The lowest BCUT2D eigenvalue weighted by atomic mass is 9.89. The Morgan fingerprint density at radius 3 is 2.86 bits per heavy atom. The third-order valence-electron chi connectivity index (χ3n) is 4.68. The number of hydrogen-bond acceptors (Lipinski definition) is 6. The van der Waals surface area contributed by atoms with Crippen molar-refractivity contribution >= 4 is 17.4 Å². The lowest BCUT2D eigenvalue weighted by molar-refractivity contribution is 0.102. The van der Waals surface area contributed by atoms with Crippen molar-refractivity contribution < 1.29 is 9.18 Å². The number of nitrogens with two attached hydrogens (primary N) is 1. The monoisotopic (exact) mass is 380 g/mol. The minimum absolute atomic E-state index is 0.160. The molecule has 3 rings (SSSR count). The number of benzene rings is 1. The molecule has 1 unspecified atom stereocenters. The highest BCUT2D eigenvalue weighted by Gasteiger charge is 2.35. The highest BCUT2D eigenvalue weighted by Crippen LogP contribution is 2.33. The topological polar surface area (TPSA) is 107 Å². The average Bonchev–Trinajstić information content (AvgIpc) is 2.68. The van der Waals surface area contributed by atoms with Gasteiger partial charge in [0.05, 0.1) is 12.1 Å². The number of hydrogen-bond donors (Lipinski definition) is 2. The fourth-order valence-electron chi connectivity index (χ4n) is 3.28. The first-order valence-electron chi connectivity index (χ1n) is 8.88. The van der Waals surface area contributed by atoms with E-state index < -0.39 is 17.3 Å². The summed E-state index contributed by atoms with van der Waals surface area (Å²) in [6.45, 7) is 5.68. The average molecular weight is 380 g/mol. The Bertz CT molecular complexity index is 966. The van der Waals surface area contributed by atoms with Crippen LogP contribution in [0.15, 0.2) is 41.5 Å². The van der Waals surface area contributed by atoms with E-state index in [2.05, 4.69) is 20.2 Å². The van der Waals surface area contributed by atoms with Gasteiger partial charge in [0.25, 0.3) is 5.91 Å². The van der Waals surface area contributed by atoms with Crippen molar-refractivity contribution in [1.29, 1.82) is 5.26 Å². The summed E-state index contributed by atoms with van der Waals surface area (Å²) in [5, 5.41) is 11.5. The second-order valence-corrected chi connectivity index (χ2v) is 6.87. The third-order valence-corrected chi connectivity index (χ3v) is 4.68. The van der Waals surface area contributed by atoms with Crippen molar-refractivity contribution in [2.75, 3.05) is 25.0 Å². The zero-order valence-corrected chi connectivity index (χ0v) is 15.7. The largest absolute Gasteiger partial charge is 0.386 e. The van der Waals surface area contributed by atoms with E-state index in [1.807, 2.05) is 19.9 Å². The standard InChI is InChI=1S/C20H21FN6O/c1-3-27-11-18(23)26-20(2,12-27)15-8-14(5-6-16(15)21)25-19(28)17-7-4-13(9-22)10-24-17/h4-8,10H,3,11-12H2,1-2H3,(H2,23,26)(H,25,28). The molecule has 1 atom stereocenters. The number of pyridine rings is 1. The Balaban J connectivity index is 1.88. The summed E-state index contributed by atoms with van der Waals surface area (Å²) in [7, 11) is 0. The van der Waals surface area contributed by atoms with Gasteiger partial charge in [0, 0.05) is 24.0 Å². The van der Waals surface area contributed by atoms with E-state index in [0.29, 0.717) is 35.7 Å². The molecular formula is C20H21FN6O. The van der Waals surface area contributed by atoms with E-state index in [4.69, 9.17) is 11.0 Å². The zero-order chi connectivity index (χ0) is 20.3. The van der Waals surface area contributed by atoms with Gasteiger partial charge in [-0.25, -0.2) is 9.37 Å². The number of halogens is 1. The Labute approximate surface area is 162 Å². The first kappa shape index (κ1) is 19.5. The predicted octanol–water partition coefficient (Wildman–Crippen LogP) is 2.25. The van der Waals surface area contributed by atoms with Crippen LogP contribution in [0.5, 0.6) is 0 Å². The number of anilines is 1. The van der Waals surface area contributed by atoms with Gasteiger partial charge in [-0.3, -0.25) is 14.7 Å². The van der Waals surface area contributed by atoms with Crippen molar-refractivity contribution in [3.63, 3.8) is 0 Å². The normalized spacial score (nSPS) is 19.6. The molecule has 1 aliphatic rings. The Morgan fingerprint density at radius 2 is 2.21 bits per heavy atom. The molecule has 0 fully saturated rings. The van der Waals surface area contributed by atoms with E-state index in [9.17, 15) is 9.18 Å². The predicted molar refractivity (Wildman–Crippen MR) is 104 cm³/mol. The maximum Gasteiger partial charge on any atom is 0.274 e. The number of rotatable bonds is 4. The molecular weight excluding hydrogens is 359 g/mol. The molecule has 1 aromatic carbocycles. The van der Waals surface area contributed by atoms with Crippen LogP contribution >= 0.6 is 0 Å². The van der Waals surface area contributed by atoms with Crippen LogP contribution in [0.3, 0.4) is 0 Å². The molecule has 0 saturated carbocycles. The molecule has 7 nitrogen and oxygen atoms in total. The molecule has 28 heavy (non-hydrogen) atoms. The van der Waals surface area contributed by atoms with Crippen molar-refractivity contribution in [2.45, 2.75) is 19.4 Å². The molecule has 0 aliphatic carbocycles. The zero-order valence-electron chi connectivity index (χ0n) is 15.7. The molecule has 1 aromatic heterocycles. The minimum Gasteiger partial charge on any atom is -0.386 e. The molecule has 144 valence electrons. The van der Waals surface area contributed by atoms with E-state index in [1.54, 1.807) is 6.07 Å². The number of nitrogens with zero attached hydrogens (tertiary/aromatic N) is 4. The molecule has 3 N–H and O–H groups in total.